The van der Waals surface area contributed by atoms with Gasteiger partial charge in [-0.1, -0.05) is 17.9 Å². The van der Waals surface area contributed by atoms with Gasteiger partial charge in [-0.2, -0.15) is 0 Å². The zero-order chi connectivity index (χ0) is 15.4. The number of nitrogens with two attached hydrogens (primary N) is 1. The first-order chi connectivity index (χ1) is 10.0. The molecule has 0 saturated carbocycles. The molecule has 0 atom stereocenters. The predicted molar refractivity (Wildman–Crippen MR) is 85.2 cm³/mol. The van der Waals surface area contributed by atoms with E-state index in [1.54, 1.807) is 0 Å². The highest BCUT2D eigenvalue weighted by Gasteiger charge is 2.12. The third-order valence-electron chi connectivity index (χ3n) is 3.35. The summed E-state index contributed by atoms with van der Waals surface area (Å²) in [7, 11) is 1.87. The Kier molecular flexibility index (Phi) is 4.46. The molecule has 1 amide bonds. The number of benzene rings is 1. The first-order valence-electron chi connectivity index (χ1n) is 6.76. The molecule has 21 heavy (non-hydrogen) atoms. The fourth-order valence-corrected chi connectivity index (χ4v) is 2.04. The summed E-state index contributed by atoms with van der Waals surface area (Å²) >= 11 is 0. The highest BCUT2D eigenvalue weighted by molar-refractivity contribution is 6.04. The molecule has 0 radical (unpaired) electrons. The van der Waals surface area contributed by atoms with Crippen molar-refractivity contribution in [3.63, 3.8) is 0 Å². The monoisotopic (exact) mass is 281 g/mol. The number of carbonyl (C=O) groups excluding carboxylic acids is 1. The van der Waals surface area contributed by atoms with Gasteiger partial charge in [0, 0.05) is 18.3 Å². The third-order valence-corrected chi connectivity index (χ3v) is 3.35. The van der Waals surface area contributed by atoms with Crippen LogP contribution in [-0.4, -0.2) is 17.0 Å². The van der Waals surface area contributed by atoms with Gasteiger partial charge in [0.05, 0.1) is 12.2 Å². The Hall–Kier alpha value is -2.51. The van der Waals surface area contributed by atoms with Crippen molar-refractivity contribution in [3.05, 3.63) is 52.8 Å². The van der Waals surface area contributed by atoms with Crippen LogP contribution in [0.25, 0.3) is 0 Å². The average molecular weight is 281 g/mol. The maximum absolute atomic E-state index is 12.4. The maximum atomic E-state index is 12.4. The van der Waals surface area contributed by atoms with Crippen LogP contribution in [0.1, 0.15) is 27.3 Å². The van der Waals surface area contributed by atoms with Gasteiger partial charge >= 0.3 is 0 Å². The first kappa shape index (κ1) is 14.9. The van der Waals surface area contributed by atoms with Crippen molar-refractivity contribution in [2.24, 2.45) is 12.8 Å². The van der Waals surface area contributed by atoms with Crippen LogP contribution in [-0.2, 0) is 7.05 Å². The number of hydrogen-bond donors (Lipinski definition) is 2. The number of nitrogens with one attached hydrogen (secondary N) is 1. The Morgan fingerprint density at radius 2 is 2.05 bits per heavy atom. The van der Waals surface area contributed by atoms with E-state index in [2.05, 4.69) is 17.2 Å². The number of anilines is 1. The van der Waals surface area contributed by atoms with Gasteiger partial charge in [-0.3, -0.25) is 4.79 Å². The summed E-state index contributed by atoms with van der Waals surface area (Å²) in [5.41, 5.74) is 9.60. The minimum absolute atomic E-state index is 0.146. The van der Waals surface area contributed by atoms with Crippen molar-refractivity contribution in [2.45, 2.75) is 13.8 Å². The fourth-order valence-electron chi connectivity index (χ4n) is 2.04. The average Bonchev–Trinajstić information content (AvgIpc) is 2.78. The minimum Gasteiger partial charge on any atom is -0.344 e. The van der Waals surface area contributed by atoms with E-state index in [-0.39, 0.29) is 12.5 Å². The van der Waals surface area contributed by atoms with Crippen LogP contribution in [0.5, 0.6) is 0 Å². The molecule has 2 aromatic rings. The van der Waals surface area contributed by atoms with E-state index in [0.717, 1.165) is 16.8 Å². The number of carbonyl (C=O) groups is 1. The first-order valence-corrected chi connectivity index (χ1v) is 6.76. The van der Waals surface area contributed by atoms with E-state index in [1.165, 1.54) is 0 Å². The summed E-state index contributed by atoms with van der Waals surface area (Å²) in [6, 6.07) is 9.49. The Balaban J connectivity index is 2.32. The quantitative estimate of drug-likeness (QED) is 0.829. The molecule has 3 N–H and O–H groups in total. The van der Waals surface area contributed by atoms with Crippen LogP contribution >= 0.6 is 0 Å². The van der Waals surface area contributed by atoms with Crippen molar-refractivity contribution < 1.29 is 4.79 Å². The Labute approximate surface area is 125 Å². The van der Waals surface area contributed by atoms with Crippen molar-refractivity contribution >= 4 is 11.6 Å². The molecule has 0 aliphatic carbocycles. The highest BCUT2D eigenvalue weighted by atomic mass is 16.1. The molecule has 0 saturated heterocycles. The molecule has 108 valence electrons. The molecule has 4 nitrogen and oxygen atoms in total. The normalized spacial score (nSPS) is 9.90. The van der Waals surface area contributed by atoms with E-state index < -0.39 is 0 Å². The van der Waals surface area contributed by atoms with Crippen LogP contribution in [0.15, 0.2) is 30.3 Å². The van der Waals surface area contributed by atoms with E-state index in [0.29, 0.717) is 11.4 Å². The van der Waals surface area contributed by atoms with Crippen LogP contribution in [0, 0.1) is 25.7 Å². The molecular formula is C17H19N3O. The Bertz CT molecular complexity index is 732. The topological polar surface area (TPSA) is 60.0 Å². The summed E-state index contributed by atoms with van der Waals surface area (Å²) in [6.45, 7) is 4.22. The highest BCUT2D eigenvalue weighted by Crippen LogP contribution is 2.18. The fraction of sp³-hybridized carbons (Fsp3) is 0.235. The van der Waals surface area contributed by atoms with Gasteiger partial charge in [0.25, 0.3) is 5.91 Å². The molecule has 0 spiro atoms. The third kappa shape index (κ3) is 3.33. The molecule has 0 bridgehead atoms. The van der Waals surface area contributed by atoms with Crippen molar-refractivity contribution in [3.8, 4) is 11.8 Å². The van der Waals surface area contributed by atoms with Gasteiger partial charge in [0.2, 0.25) is 0 Å². The lowest BCUT2D eigenvalue weighted by atomic mass is 10.1. The second-order valence-electron chi connectivity index (χ2n) is 4.93. The Morgan fingerprint density at radius 1 is 1.29 bits per heavy atom. The molecule has 4 heteroatoms. The number of aryl methyl sites for hydroxylation is 2. The lowest BCUT2D eigenvalue weighted by Crippen LogP contribution is -2.16. The molecular weight excluding hydrogens is 262 g/mol. The van der Waals surface area contributed by atoms with Crippen molar-refractivity contribution in [1.29, 1.82) is 0 Å². The van der Waals surface area contributed by atoms with Crippen molar-refractivity contribution in [2.75, 3.05) is 11.9 Å². The van der Waals surface area contributed by atoms with Gasteiger partial charge in [0.1, 0.15) is 5.69 Å². The van der Waals surface area contributed by atoms with Crippen molar-refractivity contribution in [1.82, 2.24) is 4.57 Å². The summed E-state index contributed by atoms with van der Waals surface area (Å²) in [6.07, 6.45) is 0. The van der Waals surface area contributed by atoms with Gasteiger partial charge in [0.15, 0.2) is 0 Å². The van der Waals surface area contributed by atoms with Crippen LogP contribution in [0.4, 0.5) is 5.69 Å². The number of hydrogen-bond acceptors (Lipinski definition) is 2. The van der Waals surface area contributed by atoms with Crippen LogP contribution in [0.3, 0.4) is 0 Å². The Morgan fingerprint density at radius 3 is 2.67 bits per heavy atom. The van der Waals surface area contributed by atoms with Crippen LogP contribution < -0.4 is 11.1 Å². The zero-order valence-corrected chi connectivity index (χ0v) is 12.5. The second-order valence-corrected chi connectivity index (χ2v) is 4.93. The molecule has 2 rings (SSSR count). The molecule has 0 aliphatic rings. The number of amides is 1. The lowest BCUT2D eigenvalue weighted by molar-refractivity contribution is 0.101. The number of nitrogens with zero attached hydrogens (tertiary/aromatic N) is 1. The van der Waals surface area contributed by atoms with E-state index >= 15 is 0 Å². The summed E-state index contributed by atoms with van der Waals surface area (Å²) < 4.78 is 1.86. The van der Waals surface area contributed by atoms with Gasteiger partial charge in [-0.05, 0) is 43.7 Å². The molecule has 1 aromatic heterocycles. The molecule has 1 aromatic carbocycles. The van der Waals surface area contributed by atoms with Gasteiger partial charge < -0.3 is 15.6 Å². The smallest absolute Gasteiger partial charge is 0.272 e. The van der Waals surface area contributed by atoms with Crippen LogP contribution in [0.2, 0.25) is 0 Å². The summed E-state index contributed by atoms with van der Waals surface area (Å²) in [5, 5.41) is 2.93. The maximum Gasteiger partial charge on any atom is 0.272 e. The largest absolute Gasteiger partial charge is 0.344 e. The molecule has 1 heterocycles. The predicted octanol–water partition coefficient (Wildman–Crippen LogP) is 2.20. The lowest BCUT2D eigenvalue weighted by Gasteiger charge is -2.10. The molecule has 0 aliphatic heterocycles. The molecule has 0 unspecified atom stereocenters. The minimum atomic E-state index is -0.146. The molecule has 0 fully saturated rings. The second kappa shape index (κ2) is 6.29. The summed E-state index contributed by atoms with van der Waals surface area (Å²) in [4.78, 5) is 12.4. The van der Waals surface area contributed by atoms with Gasteiger partial charge in [-0.15, -0.1) is 0 Å². The number of aromatic nitrogens is 1. The standard InChI is InChI=1S/C17H19N3O/c1-12-6-8-14(5-4-10-18)15(11-12)19-17(21)16-9-7-13(2)20(16)3/h6-9,11H,10,18H2,1-3H3,(H,19,21). The SMILES string of the molecule is Cc1ccc(C#CCN)c(NC(=O)c2ccc(C)n2C)c1. The van der Waals surface area contributed by atoms with E-state index in [4.69, 9.17) is 5.73 Å². The van der Waals surface area contributed by atoms with E-state index in [9.17, 15) is 4.79 Å². The number of rotatable bonds is 2. The zero-order valence-electron chi connectivity index (χ0n) is 12.5. The van der Waals surface area contributed by atoms with Gasteiger partial charge in [-0.25, -0.2) is 0 Å². The summed E-state index contributed by atoms with van der Waals surface area (Å²) in [5.74, 6) is 5.65. The van der Waals surface area contributed by atoms with E-state index in [1.807, 2.05) is 55.8 Å².